The monoisotopic (exact) mass is 389 g/mol. The molecule has 6 heteroatoms. The van der Waals surface area contributed by atoms with Gasteiger partial charge in [0.2, 0.25) is 0 Å². The number of carbonyl (C=O) groups is 1. The molecule has 0 atom stereocenters. The molecule has 0 fully saturated rings. The number of hydrogen-bond acceptors (Lipinski definition) is 5. The van der Waals surface area contributed by atoms with Crippen LogP contribution < -0.4 is 9.47 Å². The summed E-state index contributed by atoms with van der Waals surface area (Å²) >= 11 is 0. The average Bonchev–Trinajstić information content (AvgIpc) is 2.76. The quantitative estimate of drug-likeness (QED) is 0.240. The van der Waals surface area contributed by atoms with E-state index in [1.165, 1.54) is 19.3 Å². The normalized spacial score (nSPS) is 11.0. The lowest BCUT2D eigenvalue weighted by molar-refractivity contribution is -0.415. The van der Waals surface area contributed by atoms with Crippen LogP contribution in [0.15, 0.2) is 84.6 Å². The molecule has 3 aromatic rings. The molecule has 0 amide bonds. The number of methoxy groups -OCH3 is 1. The van der Waals surface area contributed by atoms with Crippen LogP contribution in [0.4, 0.5) is 0 Å². The summed E-state index contributed by atoms with van der Waals surface area (Å²) < 4.78 is 10.8. The SMILES string of the molecule is COc1ccc(/C=C(/C(=O)c2ccccc2OCc2ccccc2)[N+](=O)[O-])cc1. The number of Topliss-reactive ketones (excluding diaryl/α,β-unsaturated/α-hetero) is 1. The standard InChI is InChI=1S/C23H19NO5/c1-28-19-13-11-17(12-14-19)15-21(24(26)27)23(25)20-9-5-6-10-22(20)29-16-18-7-3-2-4-8-18/h2-15H,16H2,1H3/b21-15-. The molecular weight excluding hydrogens is 370 g/mol. The first-order valence-corrected chi connectivity index (χ1v) is 8.89. The number of nitro groups is 1. The fourth-order valence-corrected chi connectivity index (χ4v) is 2.71. The van der Waals surface area contributed by atoms with Gasteiger partial charge in [-0.05, 0) is 35.4 Å². The van der Waals surface area contributed by atoms with Crippen LogP contribution in [-0.2, 0) is 6.61 Å². The highest BCUT2D eigenvalue weighted by molar-refractivity contribution is 6.11. The zero-order valence-electron chi connectivity index (χ0n) is 15.8. The van der Waals surface area contributed by atoms with Crippen LogP contribution in [-0.4, -0.2) is 17.8 Å². The number of para-hydroxylation sites is 1. The van der Waals surface area contributed by atoms with Gasteiger partial charge in [-0.2, -0.15) is 0 Å². The number of ketones is 1. The molecular formula is C23H19NO5. The Morgan fingerprint density at radius 2 is 1.62 bits per heavy atom. The van der Waals surface area contributed by atoms with Crippen LogP contribution in [0.3, 0.4) is 0 Å². The molecule has 0 spiro atoms. The lowest BCUT2D eigenvalue weighted by Gasteiger charge is -2.10. The predicted molar refractivity (Wildman–Crippen MR) is 110 cm³/mol. The molecule has 3 aromatic carbocycles. The highest BCUT2D eigenvalue weighted by atomic mass is 16.6. The van der Waals surface area contributed by atoms with E-state index < -0.39 is 16.4 Å². The second kappa shape index (κ2) is 9.32. The third-order valence-electron chi connectivity index (χ3n) is 4.22. The topological polar surface area (TPSA) is 78.7 Å². The van der Waals surface area contributed by atoms with E-state index in [9.17, 15) is 14.9 Å². The van der Waals surface area contributed by atoms with Gasteiger partial charge in [0.25, 0.3) is 5.78 Å². The highest BCUT2D eigenvalue weighted by Gasteiger charge is 2.26. The maximum absolute atomic E-state index is 12.9. The Morgan fingerprint density at radius 3 is 2.28 bits per heavy atom. The van der Waals surface area contributed by atoms with Gasteiger partial charge in [-0.15, -0.1) is 0 Å². The summed E-state index contributed by atoms with van der Waals surface area (Å²) in [4.78, 5) is 23.8. The van der Waals surface area contributed by atoms with E-state index in [4.69, 9.17) is 9.47 Å². The molecule has 0 heterocycles. The number of ether oxygens (including phenoxy) is 2. The number of carbonyl (C=O) groups excluding carboxylic acids is 1. The van der Waals surface area contributed by atoms with Crippen LogP contribution in [0, 0.1) is 10.1 Å². The summed E-state index contributed by atoms with van der Waals surface area (Å²) in [5.74, 6) is 0.203. The Hall–Kier alpha value is -3.93. The third-order valence-corrected chi connectivity index (χ3v) is 4.22. The van der Waals surface area contributed by atoms with Crippen LogP contribution >= 0.6 is 0 Å². The summed E-state index contributed by atoms with van der Waals surface area (Å²) in [7, 11) is 1.53. The summed E-state index contributed by atoms with van der Waals surface area (Å²) in [5.41, 5.74) is 1.05. The van der Waals surface area contributed by atoms with Crippen molar-refractivity contribution in [2.45, 2.75) is 6.61 Å². The van der Waals surface area contributed by atoms with Crippen LogP contribution in [0.2, 0.25) is 0 Å². The zero-order valence-corrected chi connectivity index (χ0v) is 15.8. The largest absolute Gasteiger partial charge is 0.497 e. The average molecular weight is 389 g/mol. The van der Waals surface area contributed by atoms with Crippen molar-refractivity contribution >= 4 is 11.9 Å². The van der Waals surface area contributed by atoms with Crippen LogP contribution in [0.5, 0.6) is 11.5 Å². The van der Waals surface area contributed by atoms with Crippen molar-refractivity contribution in [2.24, 2.45) is 0 Å². The minimum atomic E-state index is -0.713. The molecule has 0 aliphatic carbocycles. The summed E-state index contributed by atoms with van der Waals surface area (Å²) in [6.45, 7) is 0.251. The molecule has 0 aliphatic heterocycles. The first-order valence-electron chi connectivity index (χ1n) is 8.89. The van der Waals surface area contributed by atoms with Gasteiger partial charge in [-0.3, -0.25) is 14.9 Å². The Labute approximate surface area is 168 Å². The molecule has 29 heavy (non-hydrogen) atoms. The van der Waals surface area contributed by atoms with Crippen molar-refractivity contribution in [3.05, 3.63) is 111 Å². The fraction of sp³-hybridized carbons (Fsp3) is 0.0870. The van der Waals surface area contributed by atoms with E-state index in [0.29, 0.717) is 17.1 Å². The molecule has 6 nitrogen and oxygen atoms in total. The van der Waals surface area contributed by atoms with Gasteiger partial charge in [-0.25, -0.2) is 0 Å². The first kappa shape index (κ1) is 19.8. The van der Waals surface area contributed by atoms with Crippen molar-refractivity contribution in [2.75, 3.05) is 7.11 Å². The van der Waals surface area contributed by atoms with Crippen LogP contribution in [0.1, 0.15) is 21.5 Å². The van der Waals surface area contributed by atoms with Gasteiger partial charge in [0, 0.05) is 6.08 Å². The van der Waals surface area contributed by atoms with E-state index in [2.05, 4.69) is 0 Å². The Balaban J connectivity index is 1.88. The second-order valence-electron chi connectivity index (χ2n) is 6.16. The number of benzene rings is 3. The lowest BCUT2D eigenvalue weighted by Crippen LogP contribution is -2.13. The highest BCUT2D eigenvalue weighted by Crippen LogP contribution is 2.24. The van der Waals surface area contributed by atoms with Gasteiger partial charge in [0.1, 0.15) is 18.1 Å². The minimum absolute atomic E-state index is 0.139. The molecule has 0 aromatic heterocycles. The van der Waals surface area contributed by atoms with Crippen molar-refractivity contribution in [1.29, 1.82) is 0 Å². The molecule has 3 rings (SSSR count). The molecule has 0 saturated heterocycles. The Bertz CT molecular complexity index is 1030. The molecule has 0 radical (unpaired) electrons. The molecule has 0 N–H and O–H groups in total. The van der Waals surface area contributed by atoms with Gasteiger partial charge < -0.3 is 9.47 Å². The molecule has 0 saturated carbocycles. The van der Waals surface area contributed by atoms with E-state index in [1.54, 1.807) is 42.5 Å². The van der Waals surface area contributed by atoms with Crippen molar-refractivity contribution in [3.8, 4) is 11.5 Å². The fourth-order valence-electron chi connectivity index (χ4n) is 2.71. The number of allylic oxidation sites excluding steroid dienone is 1. The molecule has 0 aliphatic rings. The molecule has 0 unspecified atom stereocenters. The van der Waals surface area contributed by atoms with Crippen molar-refractivity contribution < 1.29 is 19.2 Å². The van der Waals surface area contributed by atoms with E-state index >= 15 is 0 Å². The number of hydrogen-bond donors (Lipinski definition) is 0. The van der Waals surface area contributed by atoms with E-state index in [1.807, 2.05) is 30.3 Å². The smallest absolute Gasteiger partial charge is 0.317 e. The zero-order chi connectivity index (χ0) is 20.6. The van der Waals surface area contributed by atoms with E-state index in [0.717, 1.165) is 5.56 Å². The Kier molecular flexibility index (Phi) is 6.37. The van der Waals surface area contributed by atoms with Gasteiger partial charge in [-0.1, -0.05) is 54.6 Å². The van der Waals surface area contributed by atoms with Gasteiger partial charge in [0.05, 0.1) is 17.6 Å². The maximum Gasteiger partial charge on any atom is 0.317 e. The molecule has 0 bridgehead atoms. The van der Waals surface area contributed by atoms with Gasteiger partial charge >= 0.3 is 5.70 Å². The lowest BCUT2D eigenvalue weighted by atomic mass is 10.0. The summed E-state index contributed by atoms with van der Waals surface area (Å²) in [6.07, 6.45) is 1.25. The predicted octanol–water partition coefficient (Wildman–Crippen LogP) is 4.77. The van der Waals surface area contributed by atoms with Crippen molar-refractivity contribution in [1.82, 2.24) is 0 Å². The van der Waals surface area contributed by atoms with E-state index in [-0.39, 0.29) is 12.2 Å². The summed E-state index contributed by atoms with van der Waals surface area (Å²) in [5, 5.41) is 11.6. The number of rotatable bonds is 8. The number of nitrogens with zero attached hydrogens (tertiary/aromatic N) is 1. The van der Waals surface area contributed by atoms with Crippen LogP contribution in [0.25, 0.3) is 6.08 Å². The van der Waals surface area contributed by atoms with Gasteiger partial charge in [0.15, 0.2) is 0 Å². The third kappa shape index (κ3) is 5.07. The molecule has 146 valence electrons. The Morgan fingerprint density at radius 1 is 0.966 bits per heavy atom. The summed E-state index contributed by atoms with van der Waals surface area (Å²) in [6, 6.07) is 22.6. The maximum atomic E-state index is 12.9. The van der Waals surface area contributed by atoms with Crippen molar-refractivity contribution in [3.63, 3.8) is 0 Å². The second-order valence-corrected chi connectivity index (χ2v) is 6.16. The first-order chi connectivity index (χ1) is 14.1. The minimum Gasteiger partial charge on any atom is -0.497 e.